The molecule has 1 aliphatic rings. The number of hydrogen-bond donors (Lipinski definition) is 2. The summed E-state index contributed by atoms with van der Waals surface area (Å²) in [5.74, 6) is -2.04. The fourth-order valence-corrected chi connectivity index (χ4v) is 4.56. The molecular formula is C23H20F2N4O3S. The van der Waals surface area contributed by atoms with Crippen LogP contribution >= 0.6 is 0 Å². The summed E-state index contributed by atoms with van der Waals surface area (Å²) in [6, 6.07) is 7.33. The van der Waals surface area contributed by atoms with Gasteiger partial charge in [0.05, 0.1) is 17.0 Å². The molecule has 170 valence electrons. The minimum absolute atomic E-state index is 0.00520. The van der Waals surface area contributed by atoms with Crippen LogP contribution in [-0.4, -0.2) is 29.9 Å². The largest absolute Gasteiger partial charge is 0.335 e. The number of benzene rings is 2. The van der Waals surface area contributed by atoms with Gasteiger partial charge in [0.2, 0.25) is 10.0 Å². The molecule has 33 heavy (non-hydrogen) atoms. The van der Waals surface area contributed by atoms with Gasteiger partial charge in [-0.25, -0.2) is 27.2 Å². The average Bonchev–Trinajstić information content (AvgIpc) is 2.79. The van der Waals surface area contributed by atoms with Gasteiger partial charge in [-0.15, -0.1) is 0 Å². The number of anilines is 3. The lowest BCUT2D eigenvalue weighted by Gasteiger charge is -2.14. The summed E-state index contributed by atoms with van der Waals surface area (Å²) in [5.41, 5.74) is 1.24. The highest BCUT2D eigenvalue weighted by molar-refractivity contribution is 7.92. The first-order valence-corrected chi connectivity index (χ1v) is 11.8. The van der Waals surface area contributed by atoms with Crippen LogP contribution in [0.15, 0.2) is 54.9 Å². The molecule has 1 aromatic heterocycles. The zero-order valence-electron chi connectivity index (χ0n) is 17.6. The predicted molar refractivity (Wildman–Crippen MR) is 124 cm³/mol. The standard InChI is InChI=1S/C23H20F2N4O3S/c1-2-11-33(31,32)29-20-10-8-18(24)22(21(20)25)28-23-17-12-15(5-9-19(17)26-13-27-23)14-3-6-16(30)7-4-14/h3-6,8-10,12-13,29H,2,7,11H2,1H3,(H,26,27,28). The first-order chi connectivity index (χ1) is 15.8. The predicted octanol–water partition coefficient (Wildman–Crippen LogP) is 4.72. The van der Waals surface area contributed by atoms with Gasteiger partial charge in [0.25, 0.3) is 0 Å². The first kappa shape index (κ1) is 22.5. The van der Waals surface area contributed by atoms with Gasteiger partial charge < -0.3 is 5.32 Å². The summed E-state index contributed by atoms with van der Waals surface area (Å²) >= 11 is 0. The van der Waals surface area contributed by atoms with Crippen LogP contribution in [0.4, 0.5) is 26.0 Å². The van der Waals surface area contributed by atoms with Gasteiger partial charge in [-0.05, 0) is 47.9 Å². The van der Waals surface area contributed by atoms with Crippen molar-refractivity contribution in [1.29, 1.82) is 0 Å². The highest BCUT2D eigenvalue weighted by Gasteiger charge is 2.19. The number of nitrogens with zero attached hydrogens (tertiary/aromatic N) is 2. The van der Waals surface area contributed by atoms with Crippen LogP contribution in [0.5, 0.6) is 0 Å². The molecule has 0 atom stereocenters. The van der Waals surface area contributed by atoms with Gasteiger partial charge in [0, 0.05) is 11.8 Å². The number of fused-ring (bicyclic) bond motifs is 1. The first-order valence-electron chi connectivity index (χ1n) is 10.2. The van der Waals surface area contributed by atoms with Gasteiger partial charge in [0.1, 0.15) is 23.6 Å². The minimum Gasteiger partial charge on any atom is -0.335 e. The number of rotatable bonds is 7. The number of ketones is 1. The van der Waals surface area contributed by atoms with Crippen LogP contribution in [0, 0.1) is 11.6 Å². The van der Waals surface area contributed by atoms with E-state index in [4.69, 9.17) is 0 Å². The number of carbonyl (C=O) groups excluding carboxylic acids is 1. The zero-order valence-corrected chi connectivity index (χ0v) is 18.4. The van der Waals surface area contributed by atoms with Gasteiger partial charge in [-0.2, -0.15) is 0 Å². The van der Waals surface area contributed by atoms with Crippen molar-refractivity contribution >= 4 is 49.5 Å². The smallest absolute Gasteiger partial charge is 0.232 e. The van der Waals surface area contributed by atoms with E-state index in [2.05, 4.69) is 20.0 Å². The number of carbonyl (C=O) groups is 1. The third-order valence-corrected chi connectivity index (χ3v) is 6.49. The van der Waals surface area contributed by atoms with Gasteiger partial charge in [-0.3, -0.25) is 9.52 Å². The third kappa shape index (κ3) is 4.90. The number of aromatic nitrogens is 2. The summed E-state index contributed by atoms with van der Waals surface area (Å²) in [7, 11) is -3.77. The summed E-state index contributed by atoms with van der Waals surface area (Å²) in [4.78, 5) is 19.8. The molecule has 4 rings (SSSR count). The molecule has 10 heteroatoms. The molecule has 1 aliphatic carbocycles. The lowest BCUT2D eigenvalue weighted by atomic mass is 9.98. The van der Waals surface area contributed by atoms with Gasteiger partial charge >= 0.3 is 0 Å². The number of sulfonamides is 1. The normalized spacial score (nSPS) is 13.8. The van der Waals surface area contributed by atoms with E-state index in [-0.39, 0.29) is 29.5 Å². The lowest BCUT2D eigenvalue weighted by molar-refractivity contribution is -0.113. The van der Waals surface area contributed by atoms with E-state index < -0.39 is 27.3 Å². The lowest BCUT2D eigenvalue weighted by Crippen LogP contribution is -2.17. The molecule has 0 amide bonds. The highest BCUT2D eigenvalue weighted by atomic mass is 32.2. The maximum Gasteiger partial charge on any atom is 0.232 e. The molecule has 2 aromatic carbocycles. The maximum absolute atomic E-state index is 15.1. The molecular weight excluding hydrogens is 450 g/mol. The van der Waals surface area contributed by atoms with Crippen LogP contribution in [0.3, 0.4) is 0 Å². The third-order valence-electron chi connectivity index (χ3n) is 5.01. The SMILES string of the molecule is CCCS(=O)(=O)Nc1ccc(F)c(Nc2ncnc3ccc(C4=CCC(=O)C=C4)cc23)c1F. The van der Waals surface area contributed by atoms with Crippen molar-refractivity contribution in [3.63, 3.8) is 0 Å². The molecule has 0 aliphatic heterocycles. The summed E-state index contributed by atoms with van der Waals surface area (Å²) in [6.45, 7) is 1.68. The Morgan fingerprint density at radius 2 is 1.91 bits per heavy atom. The van der Waals surface area contributed by atoms with E-state index in [1.807, 2.05) is 6.07 Å². The van der Waals surface area contributed by atoms with Crippen molar-refractivity contribution < 1.29 is 22.0 Å². The van der Waals surface area contributed by atoms with Crippen molar-refractivity contribution in [2.24, 2.45) is 0 Å². The Bertz CT molecular complexity index is 1420. The molecule has 0 fully saturated rings. The molecule has 2 N–H and O–H groups in total. The van der Waals surface area contributed by atoms with Crippen molar-refractivity contribution in [3.8, 4) is 0 Å². The summed E-state index contributed by atoms with van der Waals surface area (Å²) < 4.78 is 55.8. The molecule has 3 aromatic rings. The van der Waals surface area contributed by atoms with Gasteiger partial charge in [0.15, 0.2) is 11.6 Å². The number of allylic oxidation sites excluding steroid dienone is 4. The van der Waals surface area contributed by atoms with Crippen LogP contribution in [0.2, 0.25) is 0 Å². The van der Waals surface area contributed by atoms with Gasteiger partial charge in [-0.1, -0.05) is 25.1 Å². The monoisotopic (exact) mass is 470 g/mol. The van der Waals surface area contributed by atoms with Crippen molar-refractivity contribution in [1.82, 2.24) is 9.97 Å². The van der Waals surface area contributed by atoms with Crippen LogP contribution in [0.1, 0.15) is 25.3 Å². The van der Waals surface area contributed by atoms with Crippen LogP contribution < -0.4 is 10.0 Å². The van der Waals surface area contributed by atoms with Crippen LogP contribution in [0.25, 0.3) is 16.5 Å². The van der Waals surface area contributed by atoms with Crippen molar-refractivity contribution in [3.05, 3.63) is 72.1 Å². The number of halogens is 2. The average molecular weight is 471 g/mol. The molecule has 0 saturated heterocycles. The quantitative estimate of drug-likeness (QED) is 0.518. The van der Waals surface area contributed by atoms with E-state index in [1.54, 1.807) is 31.2 Å². The Balaban J connectivity index is 1.73. The van der Waals surface area contributed by atoms with E-state index in [1.165, 1.54) is 12.4 Å². The second-order valence-electron chi connectivity index (χ2n) is 7.45. The second-order valence-corrected chi connectivity index (χ2v) is 9.29. The Morgan fingerprint density at radius 1 is 1.09 bits per heavy atom. The molecule has 7 nitrogen and oxygen atoms in total. The number of nitrogens with one attached hydrogen (secondary N) is 2. The molecule has 0 radical (unpaired) electrons. The molecule has 0 saturated carbocycles. The Morgan fingerprint density at radius 3 is 2.64 bits per heavy atom. The topological polar surface area (TPSA) is 101 Å². The Kier molecular flexibility index (Phi) is 6.19. The van der Waals surface area contributed by atoms with Crippen molar-refractivity contribution in [2.75, 3.05) is 15.8 Å². The molecule has 0 unspecified atom stereocenters. The Hall–Kier alpha value is -3.66. The van der Waals surface area contributed by atoms with E-state index in [0.29, 0.717) is 17.3 Å². The maximum atomic E-state index is 15.1. The molecule has 0 bridgehead atoms. The summed E-state index contributed by atoms with van der Waals surface area (Å²) in [6.07, 6.45) is 6.89. The fourth-order valence-electron chi connectivity index (χ4n) is 3.43. The fraction of sp³-hybridized carbons (Fsp3) is 0.174. The van der Waals surface area contributed by atoms with E-state index >= 15 is 4.39 Å². The Labute approximate surface area is 189 Å². The second kappa shape index (κ2) is 9.07. The van der Waals surface area contributed by atoms with E-state index in [9.17, 15) is 17.6 Å². The zero-order chi connectivity index (χ0) is 23.6. The van der Waals surface area contributed by atoms with Crippen LogP contribution in [-0.2, 0) is 14.8 Å². The van der Waals surface area contributed by atoms with E-state index in [0.717, 1.165) is 23.3 Å². The summed E-state index contributed by atoms with van der Waals surface area (Å²) in [5, 5.41) is 3.15. The molecule has 0 spiro atoms. The molecule has 1 heterocycles. The minimum atomic E-state index is -3.77. The number of hydrogen-bond acceptors (Lipinski definition) is 6. The highest BCUT2D eigenvalue weighted by Crippen LogP contribution is 2.32. The van der Waals surface area contributed by atoms with Crippen molar-refractivity contribution in [2.45, 2.75) is 19.8 Å².